The van der Waals surface area contributed by atoms with Crippen molar-refractivity contribution >= 4 is 17.6 Å². The van der Waals surface area contributed by atoms with E-state index in [1.54, 1.807) is 0 Å². The molecule has 0 saturated heterocycles. The second kappa shape index (κ2) is 8.09. The van der Waals surface area contributed by atoms with Crippen molar-refractivity contribution < 1.29 is 27.9 Å². The fourth-order valence-corrected chi connectivity index (χ4v) is 0.876. The third kappa shape index (κ3) is 8.61. The van der Waals surface area contributed by atoms with E-state index in [0.29, 0.717) is 13.0 Å². The van der Waals surface area contributed by atoms with Crippen LogP contribution in [0.4, 0.5) is 18.9 Å². The van der Waals surface area contributed by atoms with Crippen molar-refractivity contribution in [2.24, 2.45) is 5.73 Å². The summed E-state index contributed by atoms with van der Waals surface area (Å²) in [5, 5.41) is 9.85. The highest BCUT2D eigenvalue weighted by molar-refractivity contribution is 5.90. The molecule has 106 valence electrons. The summed E-state index contributed by atoms with van der Waals surface area (Å²) >= 11 is 0. The number of alkyl halides is 3. The first kappa shape index (κ1) is 16.9. The normalized spacial score (nSPS) is 10.1. The van der Waals surface area contributed by atoms with Gasteiger partial charge in [0, 0.05) is 18.7 Å². The van der Waals surface area contributed by atoms with Crippen LogP contribution in [-0.4, -0.2) is 29.7 Å². The van der Waals surface area contributed by atoms with E-state index in [1.807, 2.05) is 30.3 Å². The molecule has 0 aliphatic rings. The summed E-state index contributed by atoms with van der Waals surface area (Å²) < 4.78 is 31.7. The molecule has 1 aromatic rings. The van der Waals surface area contributed by atoms with Crippen LogP contribution < -0.4 is 11.1 Å². The minimum absolute atomic E-state index is 0.0382. The lowest BCUT2D eigenvalue weighted by molar-refractivity contribution is -0.192. The number of aliphatic carboxylic acids is 1. The predicted octanol–water partition coefficient (Wildman–Crippen LogP) is 1.61. The van der Waals surface area contributed by atoms with Gasteiger partial charge in [-0.2, -0.15) is 13.2 Å². The largest absolute Gasteiger partial charge is 0.490 e. The maximum absolute atomic E-state index is 11.0. The zero-order valence-electron chi connectivity index (χ0n) is 9.78. The van der Waals surface area contributed by atoms with E-state index in [4.69, 9.17) is 15.6 Å². The molecule has 19 heavy (non-hydrogen) atoms. The summed E-state index contributed by atoms with van der Waals surface area (Å²) in [6.07, 6.45) is -4.71. The van der Waals surface area contributed by atoms with Crippen LogP contribution in [0.2, 0.25) is 0 Å². The minimum atomic E-state index is -5.08. The SMILES string of the molecule is NCCC(=O)Nc1ccccc1.O=C(O)C(F)(F)F. The monoisotopic (exact) mass is 278 g/mol. The Hall–Kier alpha value is -2.09. The van der Waals surface area contributed by atoms with Crippen molar-refractivity contribution in [2.75, 3.05) is 11.9 Å². The Kier molecular flexibility index (Phi) is 7.20. The van der Waals surface area contributed by atoms with Gasteiger partial charge in [0.1, 0.15) is 0 Å². The molecule has 1 aromatic carbocycles. The van der Waals surface area contributed by atoms with Crippen LogP contribution in [0.25, 0.3) is 0 Å². The number of nitrogens with two attached hydrogens (primary N) is 1. The van der Waals surface area contributed by atoms with Gasteiger partial charge in [-0.25, -0.2) is 4.79 Å². The molecule has 0 spiro atoms. The van der Waals surface area contributed by atoms with Crippen molar-refractivity contribution in [3.63, 3.8) is 0 Å². The molecule has 1 amide bonds. The van der Waals surface area contributed by atoms with Crippen molar-refractivity contribution in [3.8, 4) is 0 Å². The highest BCUT2D eigenvalue weighted by Crippen LogP contribution is 2.13. The Morgan fingerprint density at radius 1 is 1.21 bits per heavy atom. The first-order valence-electron chi connectivity index (χ1n) is 5.12. The van der Waals surface area contributed by atoms with Crippen molar-refractivity contribution in [1.82, 2.24) is 0 Å². The number of carbonyl (C=O) groups excluding carboxylic acids is 1. The highest BCUT2D eigenvalue weighted by atomic mass is 19.4. The number of carbonyl (C=O) groups is 2. The van der Waals surface area contributed by atoms with Gasteiger partial charge < -0.3 is 16.2 Å². The van der Waals surface area contributed by atoms with E-state index in [1.165, 1.54) is 0 Å². The van der Waals surface area contributed by atoms with Gasteiger partial charge in [0.25, 0.3) is 0 Å². The second-order valence-electron chi connectivity index (χ2n) is 3.26. The molecule has 0 radical (unpaired) electrons. The number of amides is 1. The fraction of sp³-hybridized carbons (Fsp3) is 0.273. The lowest BCUT2D eigenvalue weighted by atomic mass is 10.3. The summed E-state index contributed by atoms with van der Waals surface area (Å²) in [6.45, 7) is 0.388. The Morgan fingerprint density at radius 3 is 2.05 bits per heavy atom. The van der Waals surface area contributed by atoms with E-state index in [2.05, 4.69) is 5.32 Å². The number of hydrogen-bond donors (Lipinski definition) is 3. The van der Waals surface area contributed by atoms with Crippen LogP contribution in [0, 0.1) is 0 Å². The molecule has 0 aliphatic heterocycles. The molecule has 0 aliphatic carbocycles. The minimum Gasteiger partial charge on any atom is -0.475 e. The van der Waals surface area contributed by atoms with Crippen LogP contribution in [0.5, 0.6) is 0 Å². The van der Waals surface area contributed by atoms with Crippen LogP contribution >= 0.6 is 0 Å². The van der Waals surface area contributed by atoms with Gasteiger partial charge in [0.2, 0.25) is 5.91 Å². The van der Waals surface area contributed by atoms with Gasteiger partial charge in [-0.1, -0.05) is 18.2 Å². The predicted molar refractivity (Wildman–Crippen MR) is 62.4 cm³/mol. The molecule has 0 fully saturated rings. The van der Waals surface area contributed by atoms with E-state index in [9.17, 15) is 18.0 Å². The molecular formula is C11H13F3N2O3. The first-order chi connectivity index (χ1) is 8.77. The molecule has 1 rings (SSSR count). The Labute approximate surface area is 107 Å². The summed E-state index contributed by atoms with van der Waals surface area (Å²) in [4.78, 5) is 19.9. The topological polar surface area (TPSA) is 92.4 Å². The summed E-state index contributed by atoms with van der Waals surface area (Å²) in [5.74, 6) is -2.80. The molecule has 4 N–H and O–H groups in total. The molecular weight excluding hydrogens is 265 g/mol. The van der Waals surface area contributed by atoms with Crippen LogP contribution in [0.3, 0.4) is 0 Å². The van der Waals surface area contributed by atoms with E-state index in [-0.39, 0.29) is 5.91 Å². The fourth-order valence-electron chi connectivity index (χ4n) is 0.876. The van der Waals surface area contributed by atoms with Gasteiger partial charge in [0.05, 0.1) is 0 Å². The van der Waals surface area contributed by atoms with Gasteiger partial charge >= 0.3 is 12.1 Å². The zero-order valence-corrected chi connectivity index (χ0v) is 9.78. The number of anilines is 1. The van der Waals surface area contributed by atoms with Gasteiger partial charge in [-0.3, -0.25) is 4.79 Å². The van der Waals surface area contributed by atoms with Crippen LogP contribution in [0.15, 0.2) is 30.3 Å². The highest BCUT2D eigenvalue weighted by Gasteiger charge is 2.38. The quantitative estimate of drug-likeness (QED) is 0.783. The average molecular weight is 278 g/mol. The molecule has 0 aromatic heterocycles. The molecule has 0 saturated carbocycles. The van der Waals surface area contributed by atoms with Crippen molar-refractivity contribution in [1.29, 1.82) is 0 Å². The number of carboxylic acids is 1. The van der Waals surface area contributed by atoms with Gasteiger partial charge in [-0.05, 0) is 12.1 Å². The average Bonchev–Trinajstić information content (AvgIpc) is 2.30. The summed E-state index contributed by atoms with van der Waals surface area (Å²) in [6, 6.07) is 9.33. The van der Waals surface area contributed by atoms with E-state index >= 15 is 0 Å². The molecule has 8 heteroatoms. The zero-order chi connectivity index (χ0) is 14.9. The number of para-hydroxylation sites is 1. The van der Waals surface area contributed by atoms with Crippen LogP contribution in [0.1, 0.15) is 6.42 Å². The smallest absolute Gasteiger partial charge is 0.475 e. The number of carboxylic acid groups (broad SMARTS) is 1. The standard InChI is InChI=1S/C9H12N2O.C2HF3O2/c10-7-6-9(12)11-8-4-2-1-3-5-8;3-2(4,5)1(6)7/h1-5H,6-7,10H2,(H,11,12);(H,6,7). The molecule has 0 bridgehead atoms. The summed E-state index contributed by atoms with van der Waals surface area (Å²) in [5.41, 5.74) is 6.04. The molecule has 0 heterocycles. The summed E-state index contributed by atoms with van der Waals surface area (Å²) in [7, 11) is 0. The van der Waals surface area contributed by atoms with Crippen LogP contribution in [-0.2, 0) is 9.59 Å². The number of nitrogens with one attached hydrogen (secondary N) is 1. The molecule has 0 atom stereocenters. The van der Waals surface area contributed by atoms with Crippen molar-refractivity contribution in [3.05, 3.63) is 30.3 Å². The Bertz CT molecular complexity index is 407. The number of rotatable bonds is 3. The maximum atomic E-state index is 11.0. The lowest BCUT2D eigenvalue weighted by Crippen LogP contribution is -2.21. The first-order valence-corrected chi connectivity index (χ1v) is 5.12. The molecule has 0 unspecified atom stereocenters. The number of hydrogen-bond acceptors (Lipinski definition) is 3. The Balaban J connectivity index is 0.000000399. The van der Waals surface area contributed by atoms with E-state index < -0.39 is 12.1 Å². The Morgan fingerprint density at radius 2 is 1.68 bits per heavy atom. The van der Waals surface area contributed by atoms with Crippen molar-refractivity contribution in [2.45, 2.75) is 12.6 Å². The van der Waals surface area contributed by atoms with Gasteiger partial charge in [0.15, 0.2) is 0 Å². The number of benzene rings is 1. The number of halogens is 3. The van der Waals surface area contributed by atoms with E-state index in [0.717, 1.165) is 5.69 Å². The van der Waals surface area contributed by atoms with Gasteiger partial charge in [-0.15, -0.1) is 0 Å². The third-order valence-corrected chi connectivity index (χ3v) is 1.67. The second-order valence-corrected chi connectivity index (χ2v) is 3.26. The lowest BCUT2D eigenvalue weighted by Gasteiger charge is -2.02. The molecule has 5 nitrogen and oxygen atoms in total. The third-order valence-electron chi connectivity index (χ3n) is 1.67. The maximum Gasteiger partial charge on any atom is 0.490 e.